The second-order valence-electron chi connectivity index (χ2n) is 2.91. The number of hydrogen-bond donors (Lipinski definition) is 4. The van der Waals surface area contributed by atoms with Crippen LogP contribution in [-0.2, 0) is 4.74 Å². The third kappa shape index (κ3) is 1.25. The molecular weight excluding hydrogens is 152 g/mol. The van der Waals surface area contributed by atoms with Crippen molar-refractivity contribution < 1.29 is 25.2 Å². The van der Waals surface area contributed by atoms with Crippen molar-refractivity contribution in [3.05, 3.63) is 0 Å². The third-order valence-corrected chi connectivity index (χ3v) is 1.95. The Morgan fingerprint density at radius 2 is 1.91 bits per heavy atom. The van der Waals surface area contributed by atoms with Crippen molar-refractivity contribution in [1.82, 2.24) is 0 Å². The highest BCUT2D eigenvalue weighted by molar-refractivity contribution is 4.95. The van der Waals surface area contributed by atoms with Gasteiger partial charge >= 0.3 is 0 Å². The zero-order chi connectivity index (χ0) is 8.65. The molecule has 1 saturated heterocycles. The lowest BCUT2D eigenvalue weighted by atomic mass is 9.99. The van der Waals surface area contributed by atoms with Gasteiger partial charge in [0, 0.05) is 0 Å². The van der Waals surface area contributed by atoms with Crippen LogP contribution in [0.3, 0.4) is 0 Å². The topological polar surface area (TPSA) is 90.2 Å². The molecule has 0 aliphatic carbocycles. The lowest BCUT2D eigenvalue weighted by molar-refractivity contribution is -0.167. The fraction of sp³-hybridized carbons (Fsp3) is 1.00. The molecule has 1 fully saturated rings. The number of ether oxygens (including phenoxy) is 1. The molecule has 1 heterocycles. The van der Waals surface area contributed by atoms with Crippen LogP contribution in [-0.4, -0.2) is 51.1 Å². The van der Waals surface area contributed by atoms with Crippen molar-refractivity contribution in [1.29, 1.82) is 0 Å². The van der Waals surface area contributed by atoms with Gasteiger partial charge < -0.3 is 25.2 Å². The number of rotatable bonds is 1. The van der Waals surface area contributed by atoms with Crippen molar-refractivity contribution in [3.63, 3.8) is 0 Å². The molecule has 1 aliphatic rings. The second-order valence-corrected chi connectivity index (χ2v) is 2.91. The fourth-order valence-electron chi connectivity index (χ4n) is 1.06. The summed E-state index contributed by atoms with van der Waals surface area (Å²) in [5.41, 5.74) is -1.25. The van der Waals surface area contributed by atoms with Crippen molar-refractivity contribution >= 4 is 0 Å². The summed E-state index contributed by atoms with van der Waals surface area (Å²) in [6, 6.07) is 0. The van der Waals surface area contributed by atoms with Crippen LogP contribution >= 0.6 is 0 Å². The Morgan fingerprint density at radius 3 is 2.09 bits per heavy atom. The van der Waals surface area contributed by atoms with Crippen LogP contribution in [0.1, 0.15) is 6.92 Å². The minimum atomic E-state index is -1.41. The largest absolute Gasteiger partial charge is 0.393 e. The molecule has 4 atom stereocenters. The van der Waals surface area contributed by atoms with E-state index < -0.39 is 30.7 Å². The van der Waals surface area contributed by atoms with Gasteiger partial charge in [-0.05, 0) is 6.92 Å². The van der Waals surface area contributed by atoms with E-state index in [1.165, 1.54) is 6.92 Å². The maximum Gasteiger partial charge on any atom is 0.184 e. The molecular formula is C6H12O5. The molecule has 0 aromatic heterocycles. The number of aliphatic hydroxyl groups excluding tert-OH is 4. The second kappa shape index (κ2) is 2.69. The number of hydrogen-bond acceptors (Lipinski definition) is 5. The van der Waals surface area contributed by atoms with Gasteiger partial charge in [-0.2, -0.15) is 0 Å². The van der Waals surface area contributed by atoms with Crippen molar-refractivity contribution in [3.8, 4) is 0 Å². The first kappa shape index (κ1) is 8.89. The summed E-state index contributed by atoms with van der Waals surface area (Å²) < 4.78 is 4.73. The summed E-state index contributed by atoms with van der Waals surface area (Å²) in [6.07, 6.45) is -4.00. The Labute approximate surface area is 63.8 Å². The fourth-order valence-corrected chi connectivity index (χ4v) is 1.06. The van der Waals surface area contributed by atoms with E-state index in [9.17, 15) is 5.11 Å². The standard InChI is InChI=1S/C6H12O5/c1-6(2-7)4(9)3(8)5(10)11-6/h3-5,7-10H,2H2,1H3/t3-,4-,5-,6-/m1/s1. The Balaban J connectivity index is 2.73. The van der Waals surface area contributed by atoms with Crippen LogP contribution in [0.15, 0.2) is 0 Å². The summed E-state index contributed by atoms with van der Waals surface area (Å²) in [4.78, 5) is 0. The highest BCUT2D eigenvalue weighted by Crippen LogP contribution is 2.28. The zero-order valence-corrected chi connectivity index (χ0v) is 6.14. The van der Waals surface area contributed by atoms with Gasteiger partial charge in [-0.15, -0.1) is 0 Å². The van der Waals surface area contributed by atoms with Crippen LogP contribution in [0.2, 0.25) is 0 Å². The molecule has 0 aromatic carbocycles. The van der Waals surface area contributed by atoms with Gasteiger partial charge in [-0.3, -0.25) is 0 Å². The Kier molecular flexibility index (Phi) is 2.17. The highest BCUT2D eigenvalue weighted by Gasteiger charge is 2.50. The van der Waals surface area contributed by atoms with Gasteiger partial charge in [0.25, 0.3) is 0 Å². The van der Waals surface area contributed by atoms with Crippen LogP contribution in [0, 0.1) is 0 Å². The van der Waals surface area contributed by atoms with Gasteiger partial charge in [-0.1, -0.05) is 0 Å². The Bertz CT molecular complexity index is 150. The van der Waals surface area contributed by atoms with Gasteiger partial charge in [0.2, 0.25) is 0 Å². The molecule has 0 bridgehead atoms. The summed E-state index contributed by atoms with van der Waals surface area (Å²) in [6.45, 7) is 0.972. The average Bonchev–Trinajstić information content (AvgIpc) is 2.17. The van der Waals surface area contributed by atoms with Crippen LogP contribution < -0.4 is 0 Å². The molecule has 1 rings (SSSR count). The van der Waals surface area contributed by atoms with E-state index in [1.54, 1.807) is 0 Å². The molecule has 1 aliphatic heterocycles. The Hall–Kier alpha value is -0.200. The minimum absolute atomic E-state index is 0.442. The maximum atomic E-state index is 9.19. The molecule has 0 radical (unpaired) electrons. The van der Waals surface area contributed by atoms with Crippen molar-refractivity contribution in [2.45, 2.75) is 31.0 Å². The molecule has 5 nitrogen and oxygen atoms in total. The minimum Gasteiger partial charge on any atom is -0.393 e. The highest BCUT2D eigenvalue weighted by atomic mass is 16.7. The van der Waals surface area contributed by atoms with E-state index in [0.717, 1.165) is 0 Å². The zero-order valence-electron chi connectivity index (χ0n) is 6.14. The predicted molar refractivity (Wildman–Crippen MR) is 34.6 cm³/mol. The lowest BCUT2D eigenvalue weighted by Crippen LogP contribution is -2.43. The van der Waals surface area contributed by atoms with E-state index in [4.69, 9.17) is 20.1 Å². The van der Waals surface area contributed by atoms with Crippen LogP contribution in [0.4, 0.5) is 0 Å². The molecule has 0 aromatic rings. The third-order valence-electron chi connectivity index (χ3n) is 1.95. The van der Waals surface area contributed by atoms with Crippen LogP contribution in [0.25, 0.3) is 0 Å². The van der Waals surface area contributed by atoms with E-state index in [-0.39, 0.29) is 0 Å². The summed E-state index contributed by atoms with van der Waals surface area (Å²) >= 11 is 0. The van der Waals surface area contributed by atoms with Gasteiger partial charge in [0.05, 0.1) is 6.61 Å². The van der Waals surface area contributed by atoms with E-state index >= 15 is 0 Å². The molecule has 4 N–H and O–H groups in total. The van der Waals surface area contributed by atoms with Gasteiger partial charge in [-0.25, -0.2) is 0 Å². The quantitative estimate of drug-likeness (QED) is 0.353. The van der Waals surface area contributed by atoms with Crippen molar-refractivity contribution in [2.75, 3.05) is 6.61 Å². The molecule has 0 amide bonds. The molecule has 0 spiro atoms. The molecule has 11 heavy (non-hydrogen) atoms. The van der Waals surface area contributed by atoms with Crippen LogP contribution in [0.5, 0.6) is 0 Å². The van der Waals surface area contributed by atoms with Gasteiger partial charge in [0.15, 0.2) is 6.29 Å². The van der Waals surface area contributed by atoms with E-state index in [2.05, 4.69) is 0 Å². The average molecular weight is 164 g/mol. The molecule has 0 saturated carbocycles. The first-order valence-corrected chi connectivity index (χ1v) is 3.34. The SMILES string of the molecule is C[C@]1(CO)O[C@@H](O)[C@H](O)[C@H]1O. The van der Waals surface area contributed by atoms with Gasteiger partial charge in [0.1, 0.15) is 17.8 Å². The lowest BCUT2D eigenvalue weighted by Gasteiger charge is -2.23. The predicted octanol–water partition coefficient (Wildman–Crippen LogP) is -2.19. The normalized spacial score (nSPS) is 51.5. The Morgan fingerprint density at radius 1 is 1.36 bits per heavy atom. The summed E-state index contributed by atoms with van der Waals surface area (Å²) in [5.74, 6) is 0. The van der Waals surface area contributed by atoms with E-state index in [0.29, 0.717) is 0 Å². The summed E-state index contributed by atoms with van der Waals surface area (Å²) in [5, 5.41) is 35.8. The summed E-state index contributed by atoms with van der Waals surface area (Å²) in [7, 11) is 0. The monoisotopic (exact) mass is 164 g/mol. The molecule has 0 unspecified atom stereocenters. The molecule has 5 heteroatoms. The molecule has 66 valence electrons. The first-order chi connectivity index (χ1) is 5.01. The number of aliphatic hydroxyl groups is 4. The maximum absolute atomic E-state index is 9.19. The smallest absolute Gasteiger partial charge is 0.184 e. The first-order valence-electron chi connectivity index (χ1n) is 3.34. The van der Waals surface area contributed by atoms with E-state index in [1.807, 2.05) is 0 Å². The van der Waals surface area contributed by atoms with Crippen molar-refractivity contribution in [2.24, 2.45) is 0 Å².